The number of rotatable bonds is 7. The first kappa shape index (κ1) is 18.2. The second-order valence-corrected chi connectivity index (χ2v) is 6.90. The number of ether oxygens (including phenoxy) is 1. The first-order valence-corrected chi connectivity index (χ1v) is 8.93. The summed E-state index contributed by atoms with van der Waals surface area (Å²) in [5.41, 5.74) is 2.86. The zero-order valence-corrected chi connectivity index (χ0v) is 15.1. The third-order valence-electron chi connectivity index (χ3n) is 3.70. The van der Waals surface area contributed by atoms with E-state index in [0.29, 0.717) is 6.42 Å². The summed E-state index contributed by atoms with van der Waals surface area (Å²) < 4.78 is 5.22. The van der Waals surface area contributed by atoms with E-state index in [9.17, 15) is 9.59 Å². The summed E-state index contributed by atoms with van der Waals surface area (Å²) in [5.74, 6) is -0.650. The number of hydrogen-bond donors (Lipinski definition) is 1. The Balaban J connectivity index is 1.76. The summed E-state index contributed by atoms with van der Waals surface area (Å²) in [4.78, 5) is 25.3. The average molecular weight is 345 g/mol. The molecule has 1 heterocycles. The van der Waals surface area contributed by atoms with Crippen LogP contribution in [0.5, 0.6) is 0 Å². The van der Waals surface area contributed by atoms with E-state index in [0.717, 1.165) is 29.7 Å². The number of carbonyl (C=O) groups excluding carboxylic acids is 2. The summed E-state index contributed by atoms with van der Waals surface area (Å²) in [6.07, 6.45) is 1.10. The maximum absolute atomic E-state index is 12.2. The Morgan fingerprint density at radius 1 is 1.25 bits per heavy atom. The Bertz CT molecular complexity index is 695. The number of amides is 1. The minimum absolute atomic E-state index is 0.312. The van der Waals surface area contributed by atoms with Crippen LogP contribution in [0.3, 0.4) is 0 Å². The molecule has 128 valence electrons. The predicted molar refractivity (Wildman–Crippen MR) is 97.4 cm³/mol. The molecule has 1 aromatic heterocycles. The van der Waals surface area contributed by atoms with Crippen LogP contribution in [0, 0.1) is 13.8 Å². The molecule has 1 aromatic carbocycles. The Kier molecular flexibility index (Phi) is 6.55. The molecule has 0 saturated heterocycles. The molecule has 1 N–H and O–H groups in total. The minimum atomic E-state index is -0.806. The highest BCUT2D eigenvalue weighted by Gasteiger charge is 2.18. The molecule has 0 unspecified atom stereocenters. The van der Waals surface area contributed by atoms with E-state index >= 15 is 0 Å². The highest BCUT2D eigenvalue weighted by molar-refractivity contribution is 7.09. The van der Waals surface area contributed by atoms with Crippen LogP contribution >= 0.6 is 11.3 Å². The number of anilines is 1. The second-order valence-electron chi connectivity index (χ2n) is 5.87. The van der Waals surface area contributed by atoms with E-state index in [1.165, 1.54) is 4.88 Å². The molecule has 0 aliphatic carbocycles. The van der Waals surface area contributed by atoms with Gasteiger partial charge in [0.05, 0.1) is 0 Å². The Morgan fingerprint density at radius 3 is 2.71 bits per heavy atom. The van der Waals surface area contributed by atoms with Gasteiger partial charge in [-0.15, -0.1) is 11.3 Å². The van der Waals surface area contributed by atoms with Gasteiger partial charge in [0, 0.05) is 17.0 Å². The second kappa shape index (κ2) is 8.64. The molecule has 1 amide bonds. The van der Waals surface area contributed by atoms with Crippen LogP contribution in [0.2, 0.25) is 0 Å². The van der Waals surface area contributed by atoms with E-state index in [4.69, 9.17) is 4.74 Å². The van der Waals surface area contributed by atoms with Crippen molar-refractivity contribution in [1.29, 1.82) is 0 Å². The molecule has 0 radical (unpaired) electrons. The Labute approximate surface area is 146 Å². The Morgan fingerprint density at radius 2 is 2.04 bits per heavy atom. The average Bonchev–Trinajstić information content (AvgIpc) is 3.03. The lowest BCUT2D eigenvalue weighted by Gasteiger charge is -2.15. The van der Waals surface area contributed by atoms with Gasteiger partial charge in [0.15, 0.2) is 6.10 Å². The largest absolute Gasteiger partial charge is 0.453 e. The van der Waals surface area contributed by atoms with Gasteiger partial charge in [-0.3, -0.25) is 9.59 Å². The lowest BCUT2D eigenvalue weighted by Crippen LogP contribution is -2.30. The molecule has 24 heavy (non-hydrogen) atoms. The van der Waals surface area contributed by atoms with Crippen molar-refractivity contribution in [1.82, 2.24) is 0 Å². The Hall–Kier alpha value is -2.14. The van der Waals surface area contributed by atoms with E-state index in [1.807, 2.05) is 43.5 Å². The van der Waals surface area contributed by atoms with Crippen molar-refractivity contribution in [2.45, 2.75) is 46.1 Å². The van der Waals surface area contributed by atoms with Gasteiger partial charge in [-0.2, -0.15) is 0 Å². The molecule has 0 fully saturated rings. The molecule has 0 spiro atoms. The standard InChI is InChI=1S/C19H23NO3S/c1-13-9-10-17(14(2)12-13)20-19(22)15(3)23-18(21)8-4-6-16-7-5-11-24-16/h5,7,9-12,15H,4,6,8H2,1-3H3,(H,20,22)/t15-/m1/s1. The number of hydrogen-bond acceptors (Lipinski definition) is 4. The van der Waals surface area contributed by atoms with Crippen LogP contribution in [0.15, 0.2) is 35.7 Å². The normalized spacial score (nSPS) is 11.8. The molecule has 0 bridgehead atoms. The number of carbonyl (C=O) groups is 2. The van der Waals surface area contributed by atoms with Crippen molar-refractivity contribution in [3.05, 3.63) is 51.7 Å². The topological polar surface area (TPSA) is 55.4 Å². The molecule has 4 nitrogen and oxygen atoms in total. The molecule has 2 aromatic rings. The number of aryl methyl sites for hydroxylation is 3. The van der Waals surface area contributed by atoms with Crippen LogP contribution in [0.4, 0.5) is 5.69 Å². The minimum Gasteiger partial charge on any atom is -0.453 e. The van der Waals surface area contributed by atoms with Crippen LogP contribution < -0.4 is 5.32 Å². The van der Waals surface area contributed by atoms with Crippen LogP contribution in [0.1, 0.15) is 35.8 Å². The highest BCUT2D eigenvalue weighted by atomic mass is 32.1. The third kappa shape index (κ3) is 5.49. The first-order chi connectivity index (χ1) is 11.5. The highest BCUT2D eigenvalue weighted by Crippen LogP contribution is 2.17. The van der Waals surface area contributed by atoms with Crippen molar-refractivity contribution in [3.8, 4) is 0 Å². The van der Waals surface area contributed by atoms with Crippen molar-refractivity contribution < 1.29 is 14.3 Å². The van der Waals surface area contributed by atoms with Crippen LogP contribution in [-0.4, -0.2) is 18.0 Å². The number of esters is 1. The zero-order valence-electron chi connectivity index (χ0n) is 14.3. The van der Waals surface area contributed by atoms with Crippen molar-refractivity contribution in [2.24, 2.45) is 0 Å². The van der Waals surface area contributed by atoms with Crippen molar-refractivity contribution in [2.75, 3.05) is 5.32 Å². The molecule has 0 aliphatic heterocycles. The van der Waals surface area contributed by atoms with E-state index in [-0.39, 0.29) is 11.9 Å². The zero-order chi connectivity index (χ0) is 17.5. The van der Waals surface area contributed by atoms with Crippen LogP contribution in [0.25, 0.3) is 0 Å². The number of thiophene rings is 1. The monoisotopic (exact) mass is 345 g/mol. The lowest BCUT2D eigenvalue weighted by atomic mass is 10.1. The van der Waals surface area contributed by atoms with Gasteiger partial charge in [0.2, 0.25) is 0 Å². The molecule has 1 atom stereocenters. The summed E-state index contributed by atoms with van der Waals surface area (Å²) in [7, 11) is 0. The van der Waals surface area contributed by atoms with E-state index in [2.05, 4.69) is 11.4 Å². The molecule has 0 saturated carbocycles. The molecule has 2 rings (SSSR count). The van der Waals surface area contributed by atoms with Gasteiger partial charge >= 0.3 is 5.97 Å². The van der Waals surface area contributed by atoms with Gasteiger partial charge < -0.3 is 10.1 Å². The summed E-state index contributed by atoms with van der Waals surface area (Å²) in [6, 6.07) is 9.84. The summed E-state index contributed by atoms with van der Waals surface area (Å²) >= 11 is 1.68. The molecular weight excluding hydrogens is 322 g/mol. The summed E-state index contributed by atoms with van der Waals surface area (Å²) in [6.45, 7) is 5.53. The maximum atomic E-state index is 12.2. The van der Waals surface area contributed by atoms with Gasteiger partial charge in [-0.1, -0.05) is 23.8 Å². The van der Waals surface area contributed by atoms with Gasteiger partial charge in [0.25, 0.3) is 5.91 Å². The number of nitrogens with one attached hydrogen (secondary N) is 1. The fraction of sp³-hybridized carbons (Fsp3) is 0.368. The number of benzene rings is 1. The van der Waals surface area contributed by atoms with Crippen molar-refractivity contribution in [3.63, 3.8) is 0 Å². The van der Waals surface area contributed by atoms with E-state index in [1.54, 1.807) is 18.3 Å². The quantitative estimate of drug-likeness (QED) is 0.763. The van der Waals surface area contributed by atoms with E-state index < -0.39 is 6.10 Å². The van der Waals surface area contributed by atoms with Crippen molar-refractivity contribution >= 4 is 28.9 Å². The lowest BCUT2D eigenvalue weighted by molar-refractivity contribution is -0.153. The SMILES string of the molecule is Cc1ccc(NC(=O)[C@@H](C)OC(=O)CCCc2cccs2)c(C)c1. The first-order valence-electron chi connectivity index (χ1n) is 8.05. The van der Waals surface area contributed by atoms with Crippen LogP contribution in [-0.2, 0) is 20.7 Å². The third-order valence-corrected chi connectivity index (χ3v) is 4.64. The molecule has 5 heteroatoms. The van der Waals surface area contributed by atoms with Gasteiger partial charge in [-0.05, 0) is 56.7 Å². The fourth-order valence-electron chi connectivity index (χ4n) is 2.36. The van der Waals surface area contributed by atoms with Gasteiger partial charge in [-0.25, -0.2) is 0 Å². The maximum Gasteiger partial charge on any atom is 0.306 e. The fourth-order valence-corrected chi connectivity index (χ4v) is 3.11. The van der Waals surface area contributed by atoms with Gasteiger partial charge in [0.1, 0.15) is 0 Å². The molecular formula is C19H23NO3S. The smallest absolute Gasteiger partial charge is 0.306 e. The predicted octanol–water partition coefficient (Wildman–Crippen LogP) is 4.26. The molecule has 0 aliphatic rings. The summed E-state index contributed by atoms with van der Waals surface area (Å²) in [5, 5.41) is 4.83.